The zero-order valence-corrected chi connectivity index (χ0v) is 7.41. The molecule has 0 N–H and O–H groups in total. The van der Waals surface area contributed by atoms with E-state index in [1.807, 2.05) is 24.3 Å². The van der Waals surface area contributed by atoms with Crippen LogP contribution in [0.2, 0.25) is 0 Å². The van der Waals surface area contributed by atoms with Crippen LogP contribution in [-0.2, 0) is 15.1 Å². The van der Waals surface area contributed by atoms with Crippen LogP contribution in [0.5, 0.6) is 5.75 Å². The first-order valence-corrected chi connectivity index (χ1v) is 4.20. The molecule has 0 radical (unpaired) electrons. The van der Waals surface area contributed by atoms with Crippen LogP contribution < -0.4 is 4.74 Å². The predicted molar refractivity (Wildman–Crippen MR) is 37.7 cm³/mol. The Morgan fingerprint density at radius 2 is 1.90 bits per heavy atom. The summed E-state index contributed by atoms with van der Waals surface area (Å²) in [7, 11) is 6.10. The van der Waals surface area contributed by atoms with Gasteiger partial charge in [-0.2, -0.15) is 18.2 Å². The summed E-state index contributed by atoms with van der Waals surface area (Å²) in [6.45, 7) is 0. The molecule has 0 atom stereocenters. The molecule has 0 aromatic heterocycles. The Bertz CT molecular complexity index is 155. The molecule has 0 bridgehead atoms. The number of ether oxygens (including phenoxy) is 1. The fourth-order valence-corrected chi connectivity index (χ4v) is 0.508. The van der Waals surface area contributed by atoms with E-state index >= 15 is 0 Å². The van der Waals surface area contributed by atoms with Crippen molar-refractivity contribution in [3.63, 3.8) is 0 Å². The molecule has 1 nitrogen and oxygen atoms in total. The monoisotopic (exact) mass is 197 g/mol. The summed E-state index contributed by atoms with van der Waals surface area (Å²) in [5.74, 6) is 0.878. The average molecular weight is 198 g/mol. The van der Waals surface area contributed by atoms with Crippen molar-refractivity contribution >= 4 is 10.1 Å². The standard InChI is InChI=1S/C7H7O.ClH.Mn/c1-8-7-5-3-2-4-6-7;;/h3-6H,1H3;1H;/q-1;;+2/p-1. The molecule has 0 heterocycles. The Hall–Kier alpha value is -0.171. The summed E-state index contributed by atoms with van der Waals surface area (Å²) in [6.07, 6.45) is 0. The maximum absolute atomic E-state index is 4.89. The van der Waals surface area contributed by atoms with Crippen molar-refractivity contribution in [1.29, 1.82) is 0 Å². The summed E-state index contributed by atoms with van der Waals surface area (Å²) in [5, 5.41) is 0. The molecule has 0 unspecified atom stereocenters. The van der Waals surface area contributed by atoms with Crippen LogP contribution in [0, 0.1) is 6.07 Å². The zero-order chi connectivity index (χ0) is 7.82. The molecule has 0 saturated heterocycles. The van der Waals surface area contributed by atoms with Crippen molar-refractivity contribution in [1.82, 2.24) is 0 Å². The molecule has 0 saturated carbocycles. The number of benzene rings is 1. The molecule has 0 fully saturated rings. The molecule has 55 valence electrons. The Kier molecular flexibility index (Phi) is 6.82. The first-order valence-electron chi connectivity index (χ1n) is 2.58. The molecule has 0 spiro atoms. The van der Waals surface area contributed by atoms with Crippen LogP contribution in [0.1, 0.15) is 0 Å². The van der Waals surface area contributed by atoms with E-state index in [0.29, 0.717) is 0 Å². The number of hydrogen-bond acceptors (Lipinski definition) is 1. The third kappa shape index (κ3) is 3.78. The van der Waals surface area contributed by atoms with E-state index in [2.05, 4.69) is 31.3 Å². The fourth-order valence-electron chi connectivity index (χ4n) is 0.508. The van der Waals surface area contributed by atoms with Crippen LogP contribution in [0.3, 0.4) is 0 Å². The Balaban J connectivity index is 0.000000371. The van der Waals surface area contributed by atoms with Crippen LogP contribution in [0.15, 0.2) is 24.3 Å². The van der Waals surface area contributed by atoms with Crippen LogP contribution in [0.4, 0.5) is 0 Å². The predicted octanol–water partition coefficient (Wildman–Crippen LogP) is 2.18. The number of methoxy groups -OCH3 is 1. The first kappa shape index (κ1) is 9.83. The molecular weight excluding hydrogens is 190 g/mol. The Morgan fingerprint density at radius 3 is 2.20 bits per heavy atom. The molecule has 0 amide bonds. The molecule has 1 aromatic carbocycles. The van der Waals surface area contributed by atoms with E-state index in [4.69, 9.17) is 4.74 Å². The van der Waals surface area contributed by atoms with Gasteiger partial charge in [-0.25, -0.2) is 0 Å². The van der Waals surface area contributed by atoms with Crippen molar-refractivity contribution < 1.29 is 19.8 Å². The zero-order valence-electron chi connectivity index (χ0n) is 5.47. The van der Waals surface area contributed by atoms with Crippen molar-refractivity contribution in [3.05, 3.63) is 30.3 Å². The van der Waals surface area contributed by atoms with Gasteiger partial charge in [-0.15, -0.1) is 12.1 Å². The summed E-state index contributed by atoms with van der Waals surface area (Å²) in [5.41, 5.74) is 0. The number of rotatable bonds is 1. The van der Waals surface area contributed by atoms with Gasteiger partial charge in [0.25, 0.3) is 0 Å². The van der Waals surface area contributed by atoms with Gasteiger partial charge in [-0.1, -0.05) is 0 Å². The van der Waals surface area contributed by atoms with Gasteiger partial charge in [0.2, 0.25) is 0 Å². The number of halogens is 1. The third-order valence-corrected chi connectivity index (χ3v) is 0.923. The van der Waals surface area contributed by atoms with Crippen LogP contribution >= 0.6 is 10.1 Å². The van der Waals surface area contributed by atoms with E-state index in [1.165, 1.54) is 0 Å². The molecule has 10 heavy (non-hydrogen) atoms. The fraction of sp³-hybridized carbons (Fsp3) is 0.143. The molecule has 3 heteroatoms. The first-order chi connectivity index (χ1) is 4.93. The summed E-state index contributed by atoms with van der Waals surface area (Å²) >= 11 is 2.41. The van der Waals surface area contributed by atoms with Gasteiger partial charge < -0.3 is 4.74 Å². The van der Waals surface area contributed by atoms with Crippen molar-refractivity contribution in [3.8, 4) is 5.75 Å². The Labute approximate surface area is 73.4 Å². The van der Waals surface area contributed by atoms with Gasteiger partial charge in [0.05, 0.1) is 7.11 Å². The summed E-state index contributed by atoms with van der Waals surface area (Å²) in [4.78, 5) is 0. The second kappa shape index (κ2) is 6.94. The second-order valence-electron chi connectivity index (χ2n) is 1.44. The topological polar surface area (TPSA) is 9.23 Å². The minimum absolute atomic E-state index is 0.878. The van der Waals surface area contributed by atoms with Crippen molar-refractivity contribution in [2.75, 3.05) is 7.11 Å². The van der Waals surface area contributed by atoms with E-state index < -0.39 is 0 Å². The minimum atomic E-state index is 0.878. The van der Waals surface area contributed by atoms with E-state index in [9.17, 15) is 0 Å². The van der Waals surface area contributed by atoms with Gasteiger partial charge in [-0.05, 0) is 0 Å². The summed E-state index contributed by atoms with van der Waals surface area (Å²) < 4.78 is 4.89. The van der Waals surface area contributed by atoms with Gasteiger partial charge in [0.15, 0.2) is 0 Å². The van der Waals surface area contributed by atoms with Crippen molar-refractivity contribution in [2.45, 2.75) is 0 Å². The van der Waals surface area contributed by atoms with E-state index in [1.54, 1.807) is 7.11 Å². The SMILES string of the molecule is COc1cc[c-]cc1.[Cl][Mn+]. The number of hydrogen-bond donors (Lipinski definition) is 0. The molecule has 0 aliphatic heterocycles. The Morgan fingerprint density at radius 1 is 1.40 bits per heavy atom. The average Bonchev–Trinajstić information content (AvgIpc) is 2.10. The normalized spacial score (nSPS) is 7.40. The van der Waals surface area contributed by atoms with Crippen LogP contribution in [0.25, 0.3) is 0 Å². The van der Waals surface area contributed by atoms with E-state index in [-0.39, 0.29) is 0 Å². The quantitative estimate of drug-likeness (QED) is 0.495. The molecule has 0 aliphatic rings. The molecular formula is C7H7ClMnO. The molecule has 1 rings (SSSR count). The van der Waals surface area contributed by atoms with Crippen LogP contribution in [-0.4, -0.2) is 7.11 Å². The molecule has 0 aliphatic carbocycles. The van der Waals surface area contributed by atoms with Gasteiger partial charge >= 0.3 is 25.2 Å². The van der Waals surface area contributed by atoms with Crippen molar-refractivity contribution in [2.24, 2.45) is 0 Å². The van der Waals surface area contributed by atoms with E-state index in [0.717, 1.165) is 5.75 Å². The maximum atomic E-state index is 4.89. The molecule has 1 aromatic rings. The van der Waals surface area contributed by atoms with Gasteiger partial charge in [-0.3, -0.25) is 0 Å². The van der Waals surface area contributed by atoms with Gasteiger partial charge in [0, 0.05) is 5.75 Å². The summed E-state index contributed by atoms with van der Waals surface area (Å²) in [6, 6.07) is 10.2. The van der Waals surface area contributed by atoms with Gasteiger partial charge in [0.1, 0.15) is 0 Å². The third-order valence-electron chi connectivity index (χ3n) is 0.923. The second-order valence-corrected chi connectivity index (χ2v) is 1.44.